The van der Waals surface area contributed by atoms with Crippen molar-refractivity contribution in [3.63, 3.8) is 0 Å². The first-order chi connectivity index (χ1) is 10.1. The number of rotatable bonds is 3. The van der Waals surface area contributed by atoms with Gasteiger partial charge in [-0.2, -0.15) is 0 Å². The van der Waals surface area contributed by atoms with Crippen molar-refractivity contribution >= 4 is 27.8 Å². The Morgan fingerprint density at radius 2 is 1.86 bits per heavy atom. The fraction of sp³-hybridized carbons (Fsp3) is 0.353. The summed E-state index contributed by atoms with van der Waals surface area (Å²) in [6.07, 6.45) is 2.40. The molecule has 108 valence electrons. The standard InChI is InChI=1S/C17H18N2OS/c1-10(20)16-15(18)14(11-6-7-11)17(21-16)19-8-12-4-2-3-5-13(12)9-19/h2-5,11H,6-9,18H2,1H3. The molecule has 0 saturated heterocycles. The molecule has 1 saturated carbocycles. The summed E-state index contributed by atoms with van der Waals surface area (Å²) in [5, 5.41) is 1.22. The Balaban J connectivity index is 1.76. The molecular formula is C17H18N2OS. The van der Waals surface area contributed by atoms with Crippen LogP contribution in [0.15, 0.2) is 24.3 Å². The Bertz CT molecular complexity index is 705. The van der Waals surface area contributed by atoms with Crippen LogP contribution in [0.1, 0.15) is 52.0 Å². The Morgan fingerprint density at radius 1 is 1.24 bits per heavy atom. The van der Waals surface area contributed by atoms with Crippen LogP contribution in [0.2, 0.25) is 0 Å². The first kappa shape index (κ1) is 12.9. The number of carbonyl (C=O) groups excluding carboxylic acids is 1. The lowest BCUT2D eigenvalue weighted by atomic mass is 10.1. The van der Waals surface area contributed by atoms with E-state index in [0.717, 1.165) is 23.7 Å². The summed E-state index contributed by atoms with van der Waals surface area (Å²) in [4.78, 5) is 14.9. The van der Waals surface area contributed by atoms with Gasteiger partial charge in [-0.25, -0.2) is 0 Å². The molecule has 0 bridgehead atoms. The van der Waals surface area contributed by atoms with Crippen molar-refractivity contribution in [3.05, 3.63) is 45.8 Å². The number of Topliss-reactive ketones (excluding diaryl/α,β-unsaturated/α-hetero) is 1. The van der Waals surface area contributed by atoms with E-state index in [9.17, 15) is 4.79 Å². The summed E-state index contributed by atoms with van der Waals surface area (Å²) in [6, 6.07) is 8.56. The number of anilines is 2. The maximum Gasteiger partial charge on any atom is 0.171 e. The average Bonchev–Trinajstić information content (AvgIpc) is 3.10. The predicted molar refractivity (Wildman–Crippen MR) is 87.0 cm³/mol. The lowest BCUT2D eigenvalue weighted by Crippen LogP contribution is -2.14. The highest BCUT2D eigenvalue weighted by Gasteiger charge is 2.35. The number of carbonyl (C=O) groups is 1. The predicted octanol–water partition coefficient (Wildman–Crippen LogP) is 3.93. The van der Waals surface area contributed by atoms with Crippen molar-refractivity contribution in [1.82, 2.24) is 0 Å². The molecule has 0 unspecified atom stereocenters. The number of nitrogens with two attached hydrogens (primary N) is 1. The van der Waals surface area contributed by atoms with E-state index < -0.39 is 0 Å². The van der Waals surface area contributed by atoms with E-state index >= 15 is 0 Å². The summed E-state index contributed by atoms with van der Waals surface area (Å²) in [5.41, 5.74) is 11.0. The second kappa shape index (κ2) is 4.60. The Morgan fingerprint density at radius 3 is 2.38 bits per heavy atom. The summed E-state index contributed by atoms with van der Waals surface area (Å²) < 4.78 is 0. The van der Waals surface area contributed by atoms with E-state index in [-0.39, 0.29) is 5.78 Å². The lowest BCUT2D eigenvalue weighted by molar-refractivity contribution is 0.102. The minimum atomic E-state index is 0.0855. The highest BCUT2D eigenvalue weighted by Crippen LogP contribution is 2.53. The average molecular weight is 298 g/mol. The van der Waals surface area contributed by atoms with Gasteiger partial charge in [-0.3, -0.25) is 4.79 Å². The maximum atomic E-state index is 11.8. The minimum absolute atomic E-state index is 0.0855. The zero-order valence-corrected chi connectivity index (χ0v) is 12.9. The topological polar surface area (TPSA) is 46.3 Å². The molecule has 1 aliphatic carbocycles. The summed E-state index contributed by atoms with van der Waals surface area (Å²) in [5.74, 6) is 0.649. The summed E-state index contributed by atoms with van der Waals surface area (Å²) >= 11 is 1.58. The van der Waals surface area contributed by atoms with Crippen molar-refractivity contribution in [3.8, 4) is 0 Å². The normalized spacial score (nSPS) is 17.1. The highest BCUT2D eigenvalue weighted by atomic mass is 32.1. The zero-order valence-electron chi connectivity index (χ0n) is 12.1. The molecule has 1 aromatic carbocycles. The molecule has 2 aliphatic rings. The molecule has 2 aromatic rings. The fourth-order valence-electron chi connectivity index (χ4n) is 3.18. The number of ketones is 1. The molecule has 0 radical (unpaired) electrons. The van der Waals surface area contributed by atoms with Gasteiger partial charge >= 0.3 is 0 Å². The molecule has 4 rings (SSSR count). The van der Waals surface area contributed by atoms with E-state index in [1.165, 1.54) is 34.5 Å². The number of thiophene rings is 1. The largest absolute Gasteiger partial charge is 0.397 e. The molecule has 0 amide bonds. The van der Waals surface area contributed by atoms with Crippen LogP contribution in [-0.4, -0.2) is 5.78 Å². The van der Waals surface area contributed by atoms with Gasteiger partial charge in [0, 0.05) is 25.6 Å². The quantitative estimate of drug-likeness (QED) is 0.873. The van der Waals surface area contributed by atoms with Crippen molar-refractivity contribution in [1.29, 1.82) is 0 Å². The van der Waals surface area contributed by atoms with E-state index in [4.69, 9.17) is 5.73 Å². The van der Waals surface area contributed by atoms with Gasteiger partial charge in [-0.05, 0) is 29.9 Å². The monoisotopic (exact) mass is 298 g/mol. The minimum Gasteiger partial charge on any atom is -0.397 e. The first-order valence-electron chi connectivity index (χ1n) is 7.40. The van der Waals surface area contributed by atoms with E-state index in [1.807, 2.05) is 0 Å². The number of nitrogens with zero attached hydrogens (tertiary/aromatic N) is 1. The Kier molecular flexibility index (Phi) is 2.82. The van der Waals surface area contributed by atoms with Gasteiger partial charge in [0.2, 0.25) is 0 Å². The Labute approximate surface area is 128 Å². The van der Waals surface area contributed by atoms with Crippen LogP contribution >= 0.6 is 11.3 Å². The van der Waals surface area contributed by atoms with Crippen LogP contribution in [-0.2, 0) is 13.1 Å². The van der Waals surface area contributed by atoms with Gasteiger partial charge in [-0.1, -0.05) is 24.3 Å². The molecule has 21 heavy (non-hydrogen) atoms. The van der Waals surface area contributed by atoms with E-state index in [0.29, 0.717) is 5.92 Å². The van der Waals surface area contributed by atoms with Gasteiger partial charge in [0.05, 0.1) is 15.6 Å². The molecule has 1 fully saturated rings. The molecule has 1 aliphatic heterocycles. The van der Waals surface area contributed by atoms with E-state index in [1.54, 1.807) is 18.3 Å². The molecule has 0 spiro atoms. The van der Waals surface area contributed by atoms with Gasteiger partial charge < -0.3 is 10.6 Å². The van der Waals surface area contributed by atoms with Crippen LogP contribution in [0.25, 0.3) is 0 Å². The number of benzene rings is 1. The smallest absolute Gasteiger partial charge is 0.171 e. The first-order valence-corrected chi connectivity index (χ1v) is 8.21. The van der Waals surface area contributed by atoms with Crippen LogP contribution in [0.4, 0.5) is 10.7 Å². The van der Waals surface area contributed by atoms with Gasteiger partial charge in [0.1, 0.15) is 0 Å². The van der Waals surface area contributed by atoms with Crippen LogP contribution in [0, 0.1) is 0 Å². The number of hydrogen-bond donors (Lipinski definition) is 1. The lowest BCUT2D eigenvalue weighted by Gasteiger charge is -2.18. The SMILES string of the molecule is CC(=O)c1sc(N2Cc3ccccc3C2)c(C2CC2)c1N. The van der Waals surface area contributed by atoms with Gasteiger partial charge in [-0.15, -0.1) is 11.3 Å². The number of fused-ring (bicyclic) bond motifs is 1. The van der Waals surface area contributed by atoms with Crippen molar-refractivity contribution in [2.24, 2.45) is 0 Å². The van der Waals surface area contributed by atoms with Crippen LogP contribution in [0.3, 0.4) is 0 Å². The maximum absolute atomic E-state index is 11.8. The third-order valence-corrected chi connectivity index (χ3v) is 5.78. The van der Waals surface area contributed by atoms with Crippen molar-refractivity contribution in [2.45, 2.75) is 38.8 Å². The Hall–Kier alpha value is -1.81. The molecule has 2 heterocycles. The van der Waals surface area contributed by atoms with Crippen LogP contribution < -0.4 is 10.6 Å². The molecule has 4 heteroatoms. The molecule has 3 nitrogen and oxygen atoms in total. The molecule has 1 aromatic heterocycles. The van der Waals surface area contributed by atoms with Crippen molar-refractivity contribution in [2.75, 3.05) is 10.6 Å². The van der Waals surface area contributed by atoms with Crippen LogP contribution in [0.5, 0.6) is 0 Å². The van der Waals surface area contributed by atoms with Gasteiger partial charge in [0.25, 0.3) is 0 Å². The molecule has 2 N–H and O–H groups in total. The molecule has 0 atom stereocenters. The van der Waals surface area contributed by atoms with Gasteiger partial charge in [0.15, 0.2) is 5.78 Å². The van der Waals surface area contributed by atoms with E-state index in [2.05, 4.69) is 29.2 Å². The summed E-state index contributed by atoms with van der Waals surface area (Å²) in [6.45, 7) is 3.46. The highest BCUT2D eigenvalue weighted by molar-refractivity contribution is 7.18. The third-order valence-electron chi connectivity index (χ3n) is 4.40. The summed E-state index contributed by atoms with van der Waals surface area (Å²) in [7, 11) is 0. The molecular weight excluding hydrogens is 280 g/mol. The van der Waals surface area contributed by atoms with Crippen molar-refractivity contribution < 1.29 is 4.79 Å². The number of hydrogen-bond acceptors (Lipinski definition) is 4. The second-order valence-corrected chi connectivity index (χ2v) is 7.02. The third kappa shape index (κ3) is 2.05. The second-order valence-electron chi connectivity index (χ2n) is 6.02. The zero-order chi connectivity index (χ0) is 14.6. The fourth-order valence-corrected chi connectivity index (χ4v) is 4.39. The number of nitrogen functional groups attached to an aromatic ring is 1.